The van der Waals surface area contributed by atoms with Crippen LogP contribution in [-0.4, -0.2) is 16.7 Å². The third-order valence-corrected chi connectivity index (χ3v) is 5.08. The largest absolute Gasteiger partial charge is 0.357 e. The first-order valence-electron chi connectivity index (χ1n) is 8.19. The maximum Gasteiger partial charge on any atom is 0.186 e. The molecule has 0 aliphatic carbocycles. The summed E-state index contributed by atoms with van der Waals surface area (Å²) in [5.74, 6) is -1.33. The first kappa shape index (κ1) is 15.2. The smallest absolute Gasteiger partial charge is 0.186 e. The second kappa shape index (κ2) is 5.92. The molecule has 1 fully saturated rings. The first-order valence-corrected chi connectivity index (χ1v) is 8.19. The van der Waals surface area contributed by atoms with Gasteiger partial charge in [-0.2, -0.15) is 10.5 Å². The molecule has 25 heavy (non-hydrogen) atoms. The van der Waals surface area contributed by atoms with Crippen molar-refractivity contribution in [3.63, 3.8) is 0 Å². The van der Waals surface area contributed by atoms with Crippen LogP contribution in [0.3, 0.4) is 0 Å². The van der Waals surface area contributed by atoms with Gasteiger partial charge in [-0.15, -0.1) is 0 Å². The van der Waals surface area contributed by atoms with Gasteiger partial charge in [0.05, 0.1) is 30.0 Å². The average molecular weight is 325 g/mol. The minimum absolute atomic E-state index is 0.112. The average Bonchev–Trinajstić information content (AvgIpc) is 3.01. The fourth-order valence-electron chi connectivity index (χ4n) is 3.95. The number of benzene rings is 2. The molecule has 4 atom stereocenters. The molecule has 0 bridgehead atoms. The summed E-state index contributed by atoms with van der Waals surface area (Å²) in [5, 5.41) is 19.5. The van der Waals surface area contributed by atoms with Crippen LogP contribution in [0.4, 0.5) is 0 Å². The second-order valence-corrected chi connectivity index (χ2v) is 6.32. The van der Waals surface area contributed by atoms with Gasteiger partial charge in [-0.1, -0.05) is 54.6 Å². The number of fused-ring (bicyclic) bond motifs is 3. The second-order valence-electron chi connectivity index (χ2n) is 6.32. The Bertz CT molecular complexity index is 936. The highest BCUT2D eigenvalue weighted by molar-refractivity contribution is 6.01. The van der Waals surface area contributed by atoms with Crippen LogP contribution in [0.25, 0.3) is 6.08 Å². The molecule has 1 unspecified atom stereocenters. The Morgan fingerprint density at radius 2 is 1.60 bits per heavy atom. The van der Waals surface area contributed by atoms with Gasteiger partial charge >= 0.3 is 0 Å². The van der Waals surface area contributed by atoms with Crippen LogP contribution in [0.2, 0.25) is 0 Å². The van der Waals surface area contributed by atoms with Gasteiger partial charge in [-0.25, -0.2) is 0 Å². The molecule has 4 rings (SSSR count). The van der Waals surface area contributed by atoms with Crippen LogP contribution in [0.5, 0.6) is 0 Å². The molecule has 4 nitrogen and oxygen atoms in total. The van der Waals surface area contributed by atoms with E-state index in [4.69, 9.17) is 0 Å². The number of nitriles is 2. The maximum absolute atomic E-state index is 13.1. The Morgan fingerprint density at radius 1 is 0.920 bits per heavy atom. The zero-order valence-electron chi connectivity index (χ0n) is 13.4. The van der Waals surface area contributed by atoms with Crippen molar-refractivity contribution in [3.8, 4) is 12.1 Å². The molecule has 0 aromatic heterocycles. The van der Waals surface area contributed by atoms with Gasteiger partial charge in [0.25, 0.3) is 0 Å². The SMILES string of the molecule is N#CC1[C@@H](C(=O)c2ccccc2)N2C=Cc3ccccc3[C@@H]2[C@H]1C#N. The van der Waals surface area contributed by atoms with E-state index in [1.54, 1.807) is 12.1 Å². The molecule has 1 saturated heterocycles. The van der Waals surface area contributed by atoms with Crippen LogP contribution in [-0.2, 0) is 0 Å². The summed E-state index contributed by atoms with van der Waals surface area (Å²) in [6.45, 7) is 0. The van der Waals surface area contributed by atoms with Gasteiger partial charge in [0, 0.05) is 11.8 Å². The molecule has 2 aromatic carbocycles. The Hall–Kier alpha value is -3.37. The maximum atomic E-state index is 13.1. The van der Waals surface area contributed by atoms with Crippen molar-refractivity contribution >= 4 is 11.9 Å². The van der Waals surface area contributed by atoms with Crippen LogP contribution in [0.1, 0.15) is 27.5 Å². The molecular formula is C21H15N3O. The summed E-state index contributed by atoms with van der Waals surface area (Å²) in [6.07, 6.45) is 3.81. The number of hydrogen-bond donors (Lipinski definition) is 0. The number of rotatable bonds is 2. The quantitative estimate of drug-likeness (QED) is 0.792. The summed E-state index contributed by atoms with van der Waals surface area (Å²) in [7, 11) is 0. The first-order chi connectivity index (χ1) is 12.3. The van der Waals surface area contributed by atoms with Crippen molar-refractivity contribution < 1.29 is 4.79 Å². The number of ketones is 1. The standard InChI is InChI=1S/C21H15N3O/c22-12-17-18(13-23)20(21(25)15-7-2-1-3-8-15)24-11-10-14-6-4-5-9-16(14)19(17)24/h1-11,17-20H/t17-,18?,19+,20-/m0/s1. The van der Waals surface area contributed by atoms with E-state index >= 15 is 0 Å². The Kier molecular flexibility index (Phi) is 3.60. The number of Topliss-reactive ketones (excluding diaryl/α,β-unsaturated/α-hetero) is 1. The number of nitrogens with zero attached hydrogens (tertiary/aromatic N) is 3. The summed E-state index contributed by atoms with van der Waals surface area (Å²) in [5.41, 5.74) is 2.60. The van der Waals surface area contributed by atoms with Crippen molar-refractivity contribution in [1.29, 1.82) is 10.5 Å². The minimum atomic E-state index is -0.668. The van der Waals surface area contributed by atoms with E-state index in [1.807, 2.05) is 59.6 Å². The lowest BCUT2D eigenvalue weighted by atomic mass is 9.83. The van der Waals surface area contributed by atoms with E-state index in [0.29, 0.717) is 5.56 Å². The lowest BCUT2D eigenvalue weighted by Gasteiger charge is -2.33. The predicted octanol–water partition coefficient (Wildman–Crippen LogP) is 3.56. The van der Waals surface area contributed by atoms with Gasteiger partial charge in [-0.05, 0) is 17.2 Å². The highest BCUT2D eigenvalue weighted by Crippen LogP contribution is 2.48. The zero-order valence-corrected chi connectivity index (χ0v) is 13.4. The fraction of sp³-hybridized carbons (Fsp3) is 0.190. The fourth-order valence-corrected chi connectivity index (χ4v) is 3.95. The molecule has 2 aliphatic heterocycles. The highest BCUT2D eigenvalue weighted by Gasteiger charge is 2.53. The van der Waals surface area contributed by atoms with Gasteiger partial charge in [-0.3, -0.25) is 4.79 Å². The monoisotopic (exact) mass is 325 g/mol. The molecule has 0 N–H and O–H groups in total. The van der Waals surface area contributed by atoms with Gasteiger partial charge < -0.3 is 4.90 Å². The molecule has 4 heteroatoms. The van der Waals surface area contributed by atoms with Crippen molar-refractivity contribution in [2.75, 3.05) is 0 Å². The summed E-state index contributed by atoms with van der Waals surface area (Å²) in [4.78, 5) is 15.0. The third-order valence-electron chi connectivity index (χ3n) is 5.08. The normalized spacial score (nSPS) is 26.2. The van der Waals surface area contributed by atoms with Crippen LogP contribution in [0, 0.1) is 34.5 Å². The summed E-state index contributed by atoms with van der Waals surface area (Å²) in [6, 6.07) is 20.4. The molecule has 0 spiro atoms. The predicted molar refractivity (Wildman–Crippen MR) is 92.8 cm³/mol. The molecule has 2 aliphatic rings. The Labute approximate surface area is 146 Å². The van der Waals surface area contributed by atoms with E-state index in [-0.39, 0.29) is 11.8 Å². The zero-order chi connectivity index (χ0) is 17.4. The number of carbonyl (C=O) groups excluding carboxylic acids is 1. The highest BCUT2D eigenvalue weighted by atomic mass is 16.1. The minimum Gasteiger partial charge on any atom is -0.357 e. The van der Waals surface area contributed by atoms with E-state index < -0.39 is 17.9 Å². The van der Waals surface area contributed by atoms with Crippen molar-refractivity contribution in [1.82, 2.24) is 4.90 Å². The van der Waals surface area contributed by atoms with Crippen molar-refractivity contribution in [2.45, 2.75) is 12.1 Å². The van der Waals surface area contributed by atoms with E-state index in [2.05, 4.69) is 12.1 Å². The Morgan fingerprint density at radius 3 is 2.32 bits per heavy atom. The van der Waals surface area contributed by atoms with Crippen LogP contribution < -0.4 is 0 Å². The van der Waals surface area contributed by atoms with Crippen LogP contribution in [0.15, 0.2) is 60.8 Å². The third kappa shape index (κ3) is 2.23. The summed E-state index contributed by atoms with van der Waals surface area (Å²) < 4.78 is 0. The van der Waals surface area contributed by atoms with Gasteiger partial charge in [0.15, 0.2) is 5.78 Å². The molecule has 120 valence electrons. The lowest BCUT2D eigenvalue weighted by Crippen LogP contribution is -2.38. The lowest BCUT2D eigenvalue weighted by molar-refractivity contribution is 0.0869. The number of hydrogen-bond acceptors (Lipinski definition) is 4. The van der Waals surface area contributed by atoms with E-state index in [9.17, 15) is 15.3 Å². The molecule has 0 amide bonds. The van der Waals surface area contributed by atoms with E-state index in [1.165, 1.54) is 0 Å². The summed E-state index contributed by atoms with van der Waals surface area (Å²) >= 11 is 0. The molecule has 0 saturated carbocycles. The molecular weight excluding hydrogens is 310 g/mol. The van der Waals surface area contributed by atoms with Gasteiger partial charge in [0.2, 0.25) is 0 Å². The molecule has 0 radical (unpaired) electrons. The molecule has 2 heterocycles. The van der Waals surface area contributed by atoms with Gasteiger partial charge in [0.1, 0.15) is 6.04 Å². The molecule has 2 aromatic rings. The van der Waals surface area contributed by atoms with Crippen molar-refractivity contribution in [3.05, 3.63) is 77.5 Å². The Balaban J connectivity index is 1.83. The number of carbonyl (C=O) groups is 1. The topological polar surface area (TPSA) is 67.9 Å². The van der Waals surface area contributed by atoms with E-state index in [0.717, 1.165) is 11.1 Å². The van der Waals surface area contributed by atoms with Crippen molar-refractivity contribution in [2.24, 2.45) is 11.8 Å². The van der Waals surface area contributed by atoms with Crippen LogP contribution >= 0.6 is 0 Å².